The molecular formula is C21H14N4O7S. The maximum absolute atomic E-state index is 12.8. The van der Waals surface area contributed by atoms with E-state index in [0.717, 1.165) is 12.1 Å². The zero-order valence-electron chi connectivity index (χ0n) is 16.6. The second-order valence-electron chi connectivity index (χ2n) is 6.73. The van der Waals surface area contributed by atoms with Crippen LogP contribution in [-0.4, -0.2) is 24.2 Å². The van der Waals surface area contributed by atoms with E-state index in [1.54, 1.807) is 12.1 Å². The molecule has 0 fully saturated rings. The van der Waals surface area contributed by atoms with E-state index in [9.17, 15) is 28.1 Å². The quantitative estimate of drug-likeness (QED) is 0.249. The molecule has 2 N–H and O–H groups in total. The molecule has 0 spiro atoms. The summed E-state index contributed by atoms with van der Waals surface area (Å²) < 4.78 is 32.7. The molecule has 0 bridgehead atoms. The molecule has 0 radical (unpaired) electrons. The average molecular weight is 466 g/mol. The number of aromatic nitrogens is 1. The van der Waals surface area contributed by atoms with Gasteiger partial charge >= 0.3 is 5.63 Å². The summed E-state index contributed by atoms with van der Waals surface area (Å²) in [6, 6.07) is 15.0. The number of para-hydroxylation sites is 1. The molecule has 4 aromatic rings. The van der Waals surface area contributed by atoms with Crippen molar-refractivity contribution < 1.29 is 22.6 Å². The van der Waals surface area contributed by atoms with Gasteiger partial charge in [0.1, 0.15) is 0 Å². The van der Waals surface area contributed by atoms with Crippen molar-refractivity contribution in [2.75, 3.05) is 10.0 Å². The van der Waals surface area contributed by atoms with Crippen molar-refractivity contribution in [2.45, 2.75) is 5.03 Å². The van der Waals surface area contributed by atoms with Gasteiger partial charge in [0.15, 0.2) is 10.6 Å². The Morgan fingerprint density at radius 3 is 2.58 bits per heavy atom. The summed E-state index contributed by atoms with van der Waals surface area (Å²) in [6.07, 6.45) is 1.18. The van der Waals surface area contributed by atoms with Gasteiger partial charge in [0.2, 0.25) is 0 Å². The van der Waals surface area contributed by atoms with Crippen LogP contribution in [0.3, 0.4) is 0 Å². The number of amides is 1. The summed E-state index contributed by atoms with van der Waals surface area (Å²) in [7, 11) is -4.21. The Morgan fingerprint density at radius 2 is 1.79 bits per heavy atom. The van der Waals surface area contributed by atoms with Crippen molar-refractivity contribution >= 4 is 44.0 Å². The molecule has 2 aromatic carbocycles. The lowest BCUT2D eigenvalue weighted by atomic mass is 10.1. The molecule has 12 heteroatoms. The second kappa shape index (κ2) is 8.51. The van der Waals surface area contributed by atoms with E-state index in [1.807, 2.05) is 0 Å². The highest BCUT2D eigenvalue weighted by atomic mass is 32.2. The first-order valence-electron chi connectivity index (χ1n) is 9.30. The number of benzene rings is 2. The molecule has 2 aromatic heterocycles. The summed E-state index contributed by atoms with van der Waals surface area (Å²) in [5.41, 5.74) is -0.632. The van der Waals surface area contributed by atoms with E-state index < -0.39 is 31.5 Å². The third-order valence-corrected chi connectivity index (χ3v) is 5.75. The number of nitro groups is 1. The minimum Gasteiger partial charge on any atom is -0.422 e. The van der Waals surface area contributed by atoms with Crippen molar-refractivity contribution in [1.29, 1.82) is 0 Å². The number of sulfonamides is 1. The fourth-order valence-corrected chi connectivity index (χ4v) is 4.02. The van der Waals surface area contributed by atoms with Gasteiger partial charge in [-0.05, 0) is 24.3 Å². The summed E-state index contributed by atoms with van der Waals surface area (Å²) in [4.78, 5) is 38.4. The first-order valence-corrected chi connectivity index (χ1v) is 10.8. The number of rotatable bonds is 6. The Labute approximate surface area is 185 Å². The second-order valence-corrected chi connectivity index (χ2v) is 8.36. The van der Waals surface area contributed by atoms with Gasteiger partial charge in [-0.25, -0.2) is 9.78 Å². The summed E-state index contributed by atoms with van der Waals surface area (Å²) in [5, 5.41) is 13.6. The molecule has 0 aliphatic rings. The Bertz CT molecular complexity index is 1560. The fraction of sp³-hybridized carbons (Fsp3) is 0. The van der Waals surface area contributed by atoms with Gasteiger partial charge in [0.05, 0.1) is 16.2 Å². The van der Waals surface area contributed by atoms with Crippen molar-refractivity contribution in [3.05, 3.63) is 99.0 Å². The highest BCUT2D eigenvalue weighted by Gasteiger charge is 2.19. The Morgan fingerprint density at radius 1 is 1.00 bits per heavy atom. The predicted molar refractivity (Wildman–Crippen MR) is 119 cm³/mol. The molecule has 166 valence electrons. The highest BCUT2D eigenvalue weighted by molar-refractivity contribution is 7.92. The topological polar surface area (TPSA) is 162 Å². The average Bonchev–Trinajstić information content (AvgIpc) is 2.78. The van der Waals surface area contributed by atoms with E-state index in [-0.39, 0.29) is 28.2 Å². The first kappa shape index (κ1) is 21.6. The standard InChI is InChI=1S/C21H14N4O7S/c26-19-8-7-13-3-1-6-17(20(13)32-19)21(27)23-14-9-10-22-18(12-14)33(30,31)24-15-4-2-5-16(11-15)25(28)29/h1-12,24H,(H,22,23,27). The predicted octanol–water partition coefficient (Wildman–Crippen LogP) is 3.15. The van der Waals surface area contributed by atoms with Crippen molar-refractivity contribution in [3.63, 3.8) is 0 Å². The van der Waals surface area contributed by atoms with E-state index in [4.69, 9.17) is 4.42 Å². The van der Waals surface area contributed by atoms with Crippen molar-refractivity contribution in [1.82, 2.24) is 4.98 Å². The lowest BCUT2D eigenvalue weighted by Gasteiger charge is -2.10. The maximum Gasteiger partial charge on any atom is 0.336 e. The Balaban J connectivity index is 1.60. The van der Waals surface area contributed by atoms with Gasteiger partial charge in [-0.15, -0.1) is 0 Å². The third kappa shape index (κ3) is 4.70. The van der Waals surface area contributed by atoms with E-state index in [2.05, 4.69) is 15.0 Å². The van der Waals surface area contributed by atoms with Crippen LogP contribution in [0.15, 0.2) is 87.2 Å². The summed E-state index contributed by atoms with van der Waals surface area (Å²) >= 11 is 0. The van der Waals surface area contributed by atoms with Crippen LogP contribution in [-0.2, 0) is 10.0 Å². The maximum atomic E-state index is 12.8. The number of hydrogen-bond acceptors (Lipinski definition) is 8. The number of nitrogens with one attached hydrogen (secondary N) is 2. The lowest BCUT2D eigenvalue weighted by molar-refractivity contribution is -0.384. The Kier molecular flexibility index (Phi) is 5.58. The molecule has 0 aliphatic carbocycles. The lowest BCUT2D eigenvalue weighted by Crippen LogP contribution is -2.16. The van der Waals surface area contributed by atoms with Crippen LogP contribution < -0.4 is 15.7 Å². The highest BCUT2D eigenvalue weighted by Crippen LogP contribution is 2.22. The van der Waals surface area contributed by atoms with Gasteiger partial charge in [-0.3, -0.25) is 19.6 Å². The van der Waals surface area contributed by atoms with E-state index in [0.29, 0.717) is 5.39 Å². The monoisotopic (exact) mass is 466 g/mol. The van der Waals surface area contributed by atoms with Gasteiger partial charge in [0, 0.05) is 41.5 Å². The van der Waals surface area contributed by atoms with Crippen LogP contribution in [0.4, 0.5) is 17.1 Å². The van der Waals surface area contributed by atoms with E-state index >= 15 is 0 Å². The molecule has 0 aliphatic heterocycles. The summed E-state index contributed by atoms with van der Waals surface area (Å²) in [6.45, 7) is 0. The largest absolute Gasteiger partial charge is 0.422 e. The van der Waals surface area contributed by atoms with Crippen molar-refractivity contribution in [3.8, 4) is 0 Å². The number of nitrogens with zero attached hydrogens (tertiary/aromatic N) is 2. The van der Waals surface area contributed by atoms with Gasteiger partial charge in [-0.1, -0.05) is 18.2 Å². The smallest absolute Gasteiger partial charge is 0.336 e. The Hall–Kier alpha value is -4.58. The minimum absolute atomic E-state index is 0.0220. The van der Waals surface area contributed by atoms with Crippen LogP contribution >= 0.6 is 0 Å². The van der Waals surface area contributed by atoms with Crippen molar-refractivity contribution in [2.24, 2.45) is 0 Å². The number of carbonyl (C=O) groups is 1. The van der Waals surface area contributed by atoms with Gasteiger partial charge in [-0.2, -0.15) is 8.42 Å². The SMILES string of the molecule is O=C(Nc1ccnc(S(=O)(=O)Nc2cccc([N+](=O)[O-])c2)c1)c1cccc2ccc(=O)oc12. The number of fused-ring (bicyclic) bond motifs is 1. The van der Waals surface area contributed by atoms with Crippen LogP contribution in [0.1, 0.15) is 10.4 Å². The molecule has 2 heterocycles. The number of non-ortho nitro benzene ring substituents is 1. The fourth-order valence-electron chi connectivity index (χ4n) is 2.99. The number of nitro benzene ring substituents is 1. The normalized spacial score (nSPS) is 11.2. The van der Waals surface area contributed by atoms with Crippen LogP contribution in [0.25, 0.3) is 11.0 Å². The molecule has 0 atom stereocenters. The molecule has 1 amide bonds. The van der Waals surface area contributed by atoms with Gasteiger partial charge < -0.3 is 9.73 Å². The number of carbonyl (C=O) groups excluding carboxylic acids is 1. The molecule has 11 nitrogen and oxygen atoms in total. The third-order valence-electron chi connectivity index (χ3n) is 4.47. The van der Waals surface area contributed by atoms with Crippen LogP contribution in [0.5, 0.6) is 0 Å². The first-order chi connectivity index (χ1) is 15.7. The number of anilines is 2. The molecule has 33 heavy (non-hydrogen) atoms. The molecule has 4 rings (SSSR count). The van der Waals surface area contributed by atoms with Crippen LogP contribution in [0.2, 0.25) is 0 Å². The van der Waals surface area contributed by atoms with Gasteiger partial charge in [0.25, 0.3) is 21.6 Å². The zero-order valence-corrected chi connectivity index (χ0v) is 17.4. The van der Waals surface area contributed by atoms with Crippen LogP contribution in [0, 0.1) is 10.1 Å². The number of pyridine rings is 1. The molecule has 0 saturated carbocycles. The molecule has 0 saturated heterocycles. The minimum atomic E-state index is -4.21. The zero-order chi connectivity index (χ0) is 23.6. The molecular weight excluding hydrogens is 452 g/mol. The molecule has 0 unspecified atom stereocenters. The van der Waals surface area contributed by atoms with E-state index in [1.165, 1.54) is 48.7 Å². The number of hydrogen-bond donors (Lipinski definition) is 2. The summed E-state index contributed by atoms with van der Waals surface area (Å²) in [5.74, 6) is -0.629.